The van der Waals surface area contributed by atoms with Gasteiger partial charge in [0.15, 0.2) is 0 Å². The van der Waals surface area contributed by atoms with Crippen molar-refractivity contribution in [2.75, 3.05) is 22.9 Å². The number of hydrogen-bond donors (Lipinski definition) is 4. The van der Waals surface area contributed by atoms with E-state index in [0.717, 1.165) is 0 Å². The fourth-order valence-corrected chi connectivity index (χ4v) is 1.59. The first-order valence-electron chi connectivity index (χ1n) is 10.0. The molecule has 0 aliphatic carbocycles. The summed E-state index contributed by atoms with van der Waals surface area (Å²) in [7, 11) is 0. The number of hydrogen-bond acceptors (Lipinski definition) is 8. The molecule has 0 unspecified atom stereocenters. The summed E-state index contributed by atoms with van der Waals surface area (Å²) in [6.45, 7) is 0. The van der Waals surface area contributed by atoms with Crippen LogP contribution in [0.15, 0.2) is 72.2 Å². The van der Waals surface area contributed by atoms with E-state index in [-0.39, 0.29) is 16.8 Å². The van der Waals surface area contributed by atoms with Gasteiger partial charge in [-0.25, -0.2) is 0 Å². The normalized spacial score (nSPS) is 12.1. The second-order valence-corrected chi connectivity index (χ2v) is 6.99. The Hall–Kier alpha value is -4.27. The molecule has 0 amide bonds. The predicted octanol–water partition coefficient (Wildman–Crippen LogP) is 3.55. The van der Waals surface area contributed by atoms with E-state index in [0.29, 0.717) is 22.7 Å². The minimum Gasteiger partial charge on any atom is -0.869 e. The van der Waals surface area contributed by atoms with Crippen LogP contribution in [-0.2, 0) is 26.4 Å². The van der Waals surface area contributed by atoms with Crippen molar-refractivity contribution in [3.63, 3.8) is 0 Å². The first kappa shape index (κ1) is 43.2. The van der Waals surface area contributed by atoms with Crippen molar-refractivity contribution in [2.24, 2.45) is 0 Å². The summed E-state index contributed by atoms with van der Waals surface area (Å²) >= 11 is 0. The van der Waals surface area contributed by atoms with Crippen molar-refractivity contribution in [1.82, 2.24) is 0 Å². The van der Waals surface area contributed by atoms with Gasteiger partial charge in [0.1, 0.15) is 0 Å². The maximum absolute atomic E-state index is 11.3. The zero-order valence-corrected chi connectivity index (χ0v) is 21.6. The second kappa shape index (κ2) is 17.6. The van der Waals surface area contributed by atoms with Crippen molar-refractivity contribution >= 4 is 34.3 Å². The molecule has 0 fully saturated rings. The van der Waals surface area contributed by atoms with Crippen LogP contribution in [0.2, 0.25) is 0 Å². The number of rotatable bonds is 2. The van der Waals surface area contributed by atoms with Gasteiger partial charge in [-0.15, -0.1) is 0 Å². The quantitative estimate of drug-likeness (QED) is 0.160. The number of benzene rings is 2. The number of nitrogen functional groups attached to an aromatic ring is 4. The Labute approximate surface area is 243 Å². The number of para-hydroxylation sites is 4. The predicted molar refractivity (Wildman–Crippen MR) is 121 cm³/mol. The summed E-state index contributed by atoms with van der Waals surface area (Å²) in [6, 6.07) is 14.5. The van der Waals surface area contributed by atoms with Crippen LogP contribution in [0.1, 0.15) is 0 Å². The monoisotopic (exact) mass is 689 g/mol. The molecule has 243 valence electrons. The van der Waals surface area contributed by atoms with Crippen LogP contribution in [-0.4, -0.2) is 36.3 Å². The largest absolute Gasteiger partial charge is 2.00 e. The molecule has 21 heteroatoms. The standard InChI is InChI=1S/2C6H8N2.2C5H2F6O2.Co/c2*7-5-3-1-2-4-6(5)8;2*6-4(7,8)2(12)1-3(13)5(9,10)11;/h2*1-4H,7-8H2;2*1,12H;/q;;;;+2/p-2/b;;2*2-1-;. The molecule has 0 heterocycles. The average Bonchev–Trinajstić information content (AvgIpc) is 2.81. The van der Waals surface area contributed by atoms with Crippen molar-refractivity contribution < 1.29 is 89.3 Å². The third-order valence-corrected chi connectivity index (χ3v) is 3.63. The number of anilines is 4. The summed E-state index contributed by atoms with van der Waals surface area (Å²) < 4.78 is 136. The molecule has 2 aromatic carbocycles. The molecule has 1 radical (unpaired) electrons. The van der Waals surface area contributed by atoms with Gasteiger partial charge in [0.05, 0.1) is 22.7 Å². The molecule has 43 heavy (non-hydrogen) atoms. The van der Waals surface area contributed by atoms with Crippen molar-refractivity contribution in [1.29, 1.82) is 0 Å². The molecule has 0 atom stereocenters. The summed E-state index contributed by atoms with van der Waals surface area (Å²) in [4.78, 5) is 19.6. The first-order valence-corrected chi connectivity index (χ1v) is 10.0. The summed E-state index contributed by atoms with van der Waals surface area (Å²) in [5.74, 6) is -11.3. The molecule has 0 saturated carbocycles. The number of halogens is 12. The number of alkyl halides is 12. The molecule has 8 N–H and O–H groups in total. The number of carbonyl (C=O) groups is 2. The van der Waals surface area contributed by atoms with Crippen LogP contribution >= 0.6 is 0 Å². The molecule has 0 aliphatic heterocycles. The van der Waals surface area contributed by atoms with Crippen LogP contribution in [0.3, 0.4) is 0 Å². The smallest absolute Gasteiger partial charge is 0.869 e. The number of carbonyl (C=O) groups excluding carboxylic acids is 2. The SMILES string of the molecule is Nc1ccccc1N.Nc1ccccc1N.O=C(/C=C(\[O-])C(F)(F)F)C(F)(F)F.O=C(/C=C(\[O-])C(F)(F)F)C(F)(F)F.[Co+2]. The van der Waals surface area contributed by atoms with E-state index in [1.54, 1.807) is 24.3 Å². The summed E-state index contributed by atoms with van der Waals surface area (Å²) in [5, 5.41) is 19.6. The minimum absolute atomic E-state index is 0. The molecule has 0 aliphatic rings. The number of nitrogens with two attached hydrogens (primary N) is 4. The van der Waals surface area contributed by atoms with E-state index in [1.165, 1.54) is 0 Å². The molecule has 0 saturated heterocycles. The Morgan fingerprint density at radius 3 is 0.791 bits per heavy atom. The van der Waals surface area contributed by atoms with E-state index in [2.05, 4.69) is 0 Å². The third-order valence-electron chi connectivity index (χ3n) is 3.63. The number of ketones is 2. The van der Waals surface area contributed by atoms with Gasteiger partial charge in [0.2, 0.25) is 0 Å². The zero-order valence-electron chi connectivity index (χ0n) is 20.6. The van der Waals surface area contributed by atoms with Gasteiger partial charge in [-0.3, -0.25) is 9.59 Å². The summed E-state index contributed by atoms with van der Waals surface area (Å²) in [5.41, 5.74) is 24.2. The van der Waals surface area contributed by atoms with E-state index < -0.39 is 59.9 Å². The molecule has 0 aromatic heterocycles. The molecule has 8 nitrogen and oxygen atoms in total. The molecule has 2 aromatic rings. The van der Waals surface area contributed by atoms with E-state index in [9.17, 15) is 72.5 Å². The van der Waals surface area contributed by atoms with E-state index >= 15 is 0 Å². The maximum Gasteiger partial charge on any atom is 2.00 e. The van der Waals surface area contributed by atoms with Crippen molar-refractivity contribution in [2.45, 2.75) is 24.7 Å². The van der Waals surface area contributed by atoms with Gasteiger partial charge < -0.3 is 33.1 Å². The fraction of sp³-hybridized carbons (Fsp3) is 0.182. The fourth-order valence-electron chi connectivity index (χ4n) is 1.59. The minimum atomic E-state index is -5.46. The third kappa shape index (κ3) is 19.5. The Bertz CT molecular complexity index is 1100. The topological polar surface area (TPSA) is 184 Å². The molecule has 0 bridgehead atoms. The van der Waals surface area contributed by atoms with Crippen molar-refractivity contribution in [3.05, 3.63) is 72.2 Å². The Morgan fingerprint density at radius 1 is 0.488 bits per heavy atom. The van der Waals surface area contributed by atoms with Gasteiger partial charge in [-0.1, -0.05) is 24.3 Å². The first-order chi connectivity index (χ1) is 18.7. The molecule has 0 spiro atoms. The summed E-state index contributed by atoms with van der Waals surface area (Å²) in [6.07, 6.45) is -23.9. The van der Waals surface area contributed by atoms with Crippen LogP contribution in [0.25, 0.3) is 0 Å². The van der Waals surface area contributed by atoms with E-state index in [1.807, 2.05) is 24.3 Å². The second-order valence-electron chi connectivity index (χ2n) is 6.99. The van der Waals surface area contributed by atoms with Crippen LogP contribution in [0.5, 0.6) is 0 Å². The number of allylic oxidation sites excluding steroid dienone is 4. The van der Waals surface area contributed by atoms with Gasteiger partial charge in [-0.2, -0.15) is 52.7 Å². The van der Waals surface area contributed by atoms with Crippen LogP contribution < -0.4 is 33.1 Å². The maximum atomic E-state index is 11.3. The Morgan fingerprint density at radius 2 is 0.674 bits per heavy atom. The van der Waals surface area contributed by atoms with Gasteiger partial charge in [0.25, 0.3) is 11.6 Å². The molecular formula is C22H18CoF12N4O4. The zero-order chi connectivity index (χ0) is 33.7. The van der Waals surface area contributed by atoms with Crippen molar-refractivity contribution in [3.8, 4) is 0 Å². The van der Waals surface area contributed by atoms with Gasteiger partial charge >= 0.3 is 41.5 Å². The van der Waals surface area contributed by atoms with Gasteiger partial charge in [0, 0.05) is 0 Å². The molecule has 2 rings (SSSR count). The van der Waals surface area contributed by atoms with E-state index in [4.69, 9.17) is 22.9 Å². The van der Waals surface area contributed by atoms with Crippen LogP contribution in [0, 0.1) is 0 Å². The molecular weight excluding hydrogens is 671 g/mol. The van der Waals surface area contributed by atoms with Crippen LogP contribution in [0.4, 0.5) is 75.4 Å². The average molecular weight is 689 g/mol. The Balaban J connectivity index is -0.000000503. The Kier molecular flexibility index (Phi) is 17.7. The van der Waals surface area contributed by atoms with Gasteiger partial charge in [-0.05, 0) is 47.9 Å².